The Morgan fingerprint density at radius 3 is 2.27 bits per heavy atom. The Bertz CT molecular complexity index is 2020. The zero-order valence-electron chi connectivity index (χ0n) is 31.0. The van der Waals surface area contributed by atoms with Gasteiger partial charge in [-0.15, -0.1) is 0 Å². The Labute approximate surface area is 306 Å². The monoisotopic (exact) mass is 732 g/mol. The maximum atomic E-state index is 15.3. The molecule has 2 unspecified atom stereocenters. The minimum Gasteiger partial charge on any atom is -0.497 e. The Morgan fingerprint density at radius 1 is 0.942 bits per heavy atom. The van der Waals surface area contributed by atoms with Crippen LogP contribution < -0.4 is 14.8 Å². The number of ether oxygens (including phenoxy) is 3. The number of amides is 2. The summed E-state index contributed by atoms with van der Waals surface area (Å²) in [7, 11) is 1.32. The number of methoxy groups -OCH3 is 3. The van der Waals surface area contributed by atoms with Crippen molar-refractivity contribution in [1.82, 2.24) is 19.5 Å². The summed E-state index contributed by atoms with van der Waals surface area (Å²) < 4.78 is 47.4. The van der Waals surface area contributed by atoms with Crippen molar-refractivity contribution >= 4 is 32.7 Å². The molecule has 2 amide bonds. The van der Waals surface area contributed by atoms with Crippen molar-refractivity contribution in [2.24, 2.45) is 16.2 Å². The SMILES string of the molecule is COC[C@]12CNC[C@@]1(COC)CN(C(=O)C13CC1c1cc(OC)ccc1-c1c(C4CCCCC4)c4ccc(C(=O)NS(=O)(=O)C(C)C)cc4n1C3)C2. The number of carbonyl (C=O) groups is 2. The van der Waals surface area contributed by atoms with Gasteiger partial charge in [-0.3, -0.25) is 9.59 Å². The molecule has 5 aliphatic rings. The Hall–Kier alpha value is -3.45. The van der Waals surface area contributed by atoms with Crippen LogP contribution in [0.4, 0.5) is 0 Å². The molecular weight excluding hydrogens is 681 g/mol. The van der Waals surface area contributed by atoms with E-state index in [-0.39, 0.29) is 28.2 Å². The van der Waals surface area contributed by atoms with E-state index in [0.717, 1.165) is 72.2 Å². The molecule has 2 saturated heterocycles. The van der Waals surface area contributed by atoms with Gasteiger partial charge >= 0.3 is 0 Å². The normalized spacial score (nSPS) is 28.3. The highest BCUT2D eigenvalue weighted by atomic mass is 32.2. The third kappa shape index (κ3) is 5.33. The van der Waals surface area contributed by atoms with Crippen LogP contribution in [-0.4, -0.2) is 95.7 Å². The second kappa shape index (κ2) is 12.8. The van der Waals surface area contributed by atoms with Crippen LogP contribution in [0.25, 0.3) is 22.2 Å². The number of sulfonamides is 1. The lowest BCUT2D eigenvalue weighted by atomic mass is 9.69. The van der Waals surface area contributed by atoms with E-state index in [1.165, 1.54) is 12.0 Å². The lowest BCUT2D eigenvalue weighted by molar-refractivity contribution is -0.137. The maximum absolute atomic E-state index is 15.3. The summed E-state index contributed by atoms with van der Waals surface area (Å²) in [6, 6.07) is 11.9. The highest BCUT2D eigenvalue weighted by molar-refractivity contribution is 7.90. The van der Waals surface area contributed by atoms with Gasteiger partial charge in [0, 0.05) is 85.7 Å². The largest absolute Gasteiger partial charge is 0.497 e. The number of aromatic nitrogens is 1. The molecule has 3 aromatic rings. The summed E-state index contributed by atoms with van der Waals surface area (Å²) in [6.07, 6.45) is 6.38. The molecule has 0 spiro atoms. The second-order valence-corrected chi connectivity index (χ2v) is 18.7. The first-order valence-corrected chi connectivity index (χ1v) is 20.4. The molecule has 2 aliphatic carbocycles. The molecule has 4 heterocycles. The molecule has 8 rings (SSSR count). The number of rotatable bonds is 10. The number of hydrogen-bond donors (Lipinski definition) is 2. The molecule has 52 heavy (non-hydrogen) atoms. The topological polar surface area (TPSA) is 128 Å². The second-order valence-electron chi connectivity index (χ2n) is 16.5. The summed E-state index contributed by atoms with van der Waals surface area (Å²) in [5.41, 5.74) is 4.56. The van der Waals surface area contributed by atoms with Gasteiger partial charge in [-0.1, -0.05) is 25.3 Å². The predicted molar refractivity (Wildman–Crippen MR) is 199 cm³/mol. The molecule has 4 atom stereocenters. The highest BCUT2D eigenvalue weighted by Crippen LogP contribution is 2.67. The zero-order valence-corrected chi connectivity index (χ0v) is 31.9. The van der Waals surface area contributed by atoms with E-state index in [4.69, 9.17) is 14.2 Å². The van der Waals surface area contributed by atoms with E-state index >= 15 is 4.79 Å². The number of benzene rings is 2. The number of likely N-dealkylation sites (tertiary alicyclic amines) is 1. The number of fused-ring (bicyclic) bond motifs is 8. The molecule has 12 heteroatoms. The third-order valence-electron chi connectivity index (χ3n) is 13.2. The van der Waals surface area contributed by atoms with Crippen molar-refractivity contribution in [2.75, 3.05) is 60.7 Å². The average molecular weight is 733 g/mol. The molecule has 2 aromatic carbocycles. The fraction of sp³-hybridized carbons (Fsp3) is 0.600. The van der Waals surface area contributed by atoms with Crippen LogP contribution in [0.3, 0.4) is 0 Å². The number of nitrogens with zero attached hydrogens (tertiary/aromatic N) is 2. The van der Waals surface area contributed by atoms with E-state index in [0.29, 0.717) is 45.2 Å². The highest BCUT2D eigenvalue weighted by Gasteiger charge is 2.68. The van der Waals surface area contributed by atoms with Gasteiger partial charge in [0.1, 0.15) is 5.75 Å². The van der Waals surface area contributed by atoms with Crippen molar-refractivity contribution in [2.45, 2.75) is 76.0 Å². The molecule has 3 aliphatic heterocycles. The Kier molecular flexibility index (Phi) is 8.79. The van der Waals surface area contributed by atoms with Crippen molar-refractivity contribution in [3.63, 3.8) is 0 Å². The van der Waals surface area contributed by atoms with Crippen molar-refractivity contribution in [1.29, 1.82) is 0 Å². The van der Waals surface area contributed by atoms with Crippen LogP contribution in [0.5, 0.6) is 5.75 Å². The third-order valence-corrected chi connectivity index (χ3v) is 14.9. The van der Waals surface area contributed by atoms with E-state index < -0.39 is 26.6 Å². The molecule has 1 aromatic heterocycles. The average Bonchev–Trinajstić information content (AvgIpc) is 3.53. The first-order valence-electron chi connectivity index (χ1n) is 18.8. The van der Waals surface area contributed by atoms with E-state index in [1.54, 1.807) is 41.2 Å². The Balaban J connectivity index is 1.29. The fourth-order valence-corrected chi connectivity index (χ4v) is 11.0. The van der Waals surface area contributed by atoms with E-state index in [9.17, 15) is 13.2 Å². The lowest BCUT2D eigenvalue weighted by Crippen LogP contribution is -2.46. The summed E-state index contributed by atoms with van der Waals surface area (Å²) in [5, 5.41) is 3.90. The summed E-state index contributed by atoms with van der Waals surface area (Å²) >= 11 is 0. The number of carbonyl (C=O) groups excluding carboxylic acids is 2. The standard InChI is InChI=1S/C40H52N4O7S/c1-25(2)52(47,48)42-36(45)27-11-13-30-33(15-27)44-22-40(37(46)43-20-38(23-49-3)18-41-19-39(38,21-43)24-50-4)17-32(40)31-16-28(51-5)12-14-29(31)35(44)34(30)26-9-7-6-8-10-26/h11-16,25-26,32,41H,6-10,17-24H2,1-5H3,(H,42,45)/t32?,38-,39+,40?. The lowest BCUT2D eigenvalue weighted by Gasteiger charge is -2.36. The molecule has 0 radical (unpaired) electrons. The van der Waals surface area contributed by atoms with Gasteiger partial charge in [0.2, 0.25) is 15.9 Å². The molecule has 2 saturated carbocycles. The van der Waals surface area contributed by atoms with Crippen molar-refractivity contribution in [3.05, 3.63) is 53.1 Å². The maximum Gasteiger partial charge on any atom is 0.264 e. The number of nitrogens with one attached hydrogen (secondary N) is 2. The van der Waals surface area contributed by atoms with Gasteiger partial charge in [0.15, 0.2) is 0 Å². The minimum absolute atomic E-state index is 0.00256. The van der Waals surface area contributed by atoms with Crippen LogP contribution in [0.1, 0.15) is 85.7 Å². The van der Waals surface area contributed by atoms with Gasteiger partial charge in [-0.2, -0.15) is 0 Å². The molecule has 2 N–H and O–H groups in total. The van der Waals surface area contributed by atoms with Crippen molar-refractivity contribution < 1.29 is 32.2 Å². The molecule has 280 valence electrons. The van der Waals surface area contributed by atoms with Crippen LogP contribution in [0, 0.1) is 16.2 Å². The zero-order chi connectivity index (χ0) is 36.6. The van der Waals surface area contributed by atoms with E-state index in [1.807, 2.05) is 18.2 Å². The first-order chi connectivity index (χ1) is 24.9. The van der Waals surface area contributed by atoms with Gasteiger partial charge in [-0.25, -0.2) is 13.1 Å². The van der Waals surface area contributed by atoms with E-state index in [2.05, 4.69) is 31.6 Å². The quantitative estimate of drug-likeness (QED) is 0.297. The van der Waals surface area contributed by atoms with Crippen LogP contribution in [0.2, 0.25) is 0 Å². The van der Waals surface area contributed by atoms with Gasteiger partial charge in [-0.05, 0) is 80.5 Å². The Morgan fingerprint density at radius 2 is 1.63 bits per heavy atom. The fourth-order valence-electron chi connectivity index (χ4n) is 10.4. The number of hydrogen-bond acceptors (Lipinski definition) is 8. The smallest absolute Gasteiger partial charge is 0.264 e. The first kappa shape index (κ1) is 35.6. The molecule has 0 bridgehead atoms. The summed E-state index contributed by atoms with van der Waals surface area (Å²) in [5.74, 6) is 0.594. The molecular formula is C40H52N4O7S. The van der Waals surface area contributed by atoms with Crippen molar-refractivity contribution in [3.8, 4) is 17.0 Å². The molecule has 4 fully saturated rings. The minimum atomic E-state index is -3.83. The van der Waals surface area contributed by atoms with Gasteiger partial charge in [0.25, 0.3) is 5.91 Å². The van der Waals surface area contributed by atoms with Gasteiger partial charge < -0.3 is 29.0 Å². The van der Waals surface area contributed by atoms with Gasteiger partial charge in [0.05, 0.1) is 36.7 Å². The predicted octanol–water partition coefficient (Wildman–Crippen LogP) is 5.03. The van der Waals surface area contributed by atoms with Crippen LogP contribution in [-0.2, 0) is 30.8 Å². The molecule has 11 nitrogen and oxygen atoms in total. The summed E-state index contributed by atoms with van der Waals surface area (Å²) in [4.78, 5) is 30.9. The van der Waals surface area contributed by atoms with Crippen LogP contribution >= 0.6 is 0 Å². The summed E-state index contributed by atoms with van der Waals surface area (Å²) in [6.45, 7) is 7.36. The van der Waals surface area contributed by atoms with Crippen LogP contribution in [0.15, 0.2) is 36.4 Å².